The maximum absolute atomic E-state index is 5.59. The summed E-state index contributed by atoms with van der Waals surface area (Å²) in [6.45, 7) is 5.41. The first-order valence-corrected chi connectivity index (χ1v) is 8.65. The van der Waals surface area contributed by atoms with E-state index >= 15 is 0 Å². The van der Waals surface area contributed by atoms with Crippen LogP contribution < -0.4 is 10.2 Å². The summed E-state index contributed by atoms with van der Waals surface area (Å²) in [5.41, 5.74) is 1.70. The molecule has 2 atom stereocenters. The van der Waals surface area contributed by atoms with Crippen molar-refractivity contribution in [2.45, 2.75) is 32.4 Å². The van der Waals surface area contributed by atoms with Gasteiger partial charge in [0, 0.05) is 32.0 Å². The summed E-state index contributed by atoms with van der Waals surface area (Å²) in [6, 6.07) is 6.10. The molecular formula is C17H22N8O. The van der Waals surface area contributed by atoms with Crippen LogP contribution in [0, 0.1) is 13.8 Å². The van der Waals surface area contributed by atoms with Crippen LogP contribution in [0.25, 0.3) is 5.65 Å². The van der Waals surface area contributed by atoms with Crippen molar-refractivity contribution in [1.82, 2.24) is 29.8 Å². The van der Waals surface area contributed by atoms with Crippen LogP contribution in [-0.4, -0.2) is 62.1 Å². The Bertz CT molecular complexity index is 911. The van der Waals surface area contributed by atoms with Crippen molar-refractivity contribution in [3.05, 3.63) is 36.0 Å². The highest BCUT2D eigenvalue weighted by Gasteiger charge is 2.33. The van der Waals surface area contributed by atoms with E-state index < -0.39 is 0 Å². The Balaban J connectivity index is 1.51. The Morgan fingerprint density at radius 2 is 2.12 bits per heavy atom. The Morgan fingerprint density at radius 1 is 1.23 bits per heavy atom. The molecule has 0 radical (unpaired) electrons. The molecule has 136 valence electrons. The van der Waals surface area contributed by atoms with Gasteiger partial charge in [-0.3, -0.25) is 0 Å². The van der Waals surface area contributed by atoms with E-state index in [0.29, 0.717) is 0 Å². The van der Waals surface area contributed by atoms with E-state index in [9.17, 15) is 0 Å². The highest BCUT2D eigenvalue weighted by molar-refractivity contribution is 5.46. The average Bonchev–Trinajstić information content (AvgIpc) is 3.24. The highest BCUT2D eigenvalue weighted by Crippen LogP contribution is 2.26. The number of aromatic nitrogens is 6. The van der Waals surface area contributed by atoms with Gasteiger partial charge in [0.15, 0.2) is 11.5 Å². The van der Waals surface area contributed by atoms with Crippen LogP contribution in [0.15, 0.2) is 24.5 Å². The zero-order chi connectivity index (χ0) is 18.1. The number of methoxy groups -OCH3 is 1. The summed E-state index contributed by atoms with van der Waals surface area (Å²) >= 11 is 0. The number of nitrogens with zero attached hydrogens (tertiary/aromatic N) is 7. The van der Waals surface area contributed by atoms with Gasteiger partial charge in [-0.2, -0.15) is 4.52 Å². The summed E-state index contributed by atoms with van der Waals surface area (Å²) in [7, 11) is 1.76. The largest absolute Gasteiger partial charge is 0.380 e. The van der Waals surface area contributed by atoms with Gasteiger partial charge in [-0.1, -0.05) is 0 Å². The summed E-state index contributed by atoms with van der Waals surface area (Å²) in [6.07, 6.45) is 2.73. The molecule has 1 saturated heterocycles. The number of ether oxygens (including phenoxy) is 1. The minimum Gasteiger partial charge on any atom is -0.380 e. The molecule has 0 bridgehead atoms. The molecule has 0 amide bonds. The zero-order valence-corrected chi connectivity index (χ0v) is 15.1. The molecule has 0 spiro atoms. The van der Waals surface area contributed by atoms with Crippen molar-refractivity contribution in [3.8, 4) is 0 Å². The molecule has 26 heavy (non-hydrogen) atoms. The highest BCUT2D eigenvalue weighted by atomic mass is 16.5. The molecule has 1 aliphatic heterocycles. The van der Waals surface area contributed by atoms with Crippen LogP contribution in [0.1, 0.15) is 17.9 Å². The molecule has 9 heteroatoms. The molecule has 0 saturated carbocycles. The first kappa shape index (κ1) is 16.6. The van der Waals surface area contributed by atoms with Crippen molar-refractivity contribution >= 4 is 17.3 Å². The van der Waals surface area contributed by atoms with Crippen molar-refractivity contribution in [3.63, 3.8) is 0 Å². The zero-order valence-electron chi connectivity index (χ0n) is 15.1. The van der Waals surface area contributed by atoms with Crippen LogP contribution in [0.3, 0.4) is 0 Å². The van der Waals surface area contributed by atoms with Crippen molar-refractivity contribution in [2.24, 2.45) is 0 Å². The van der Waals surface area contributed by atoms with Gasteiger partial charge in [0.2, 0.25) is 0 Å². The molecule has 4 heterocycles. The van der Waals surface area contributed by atoms with Crippen LogP contribution in [-0.2, 0) is 4.74 Å². The first-order chi connectivity index (χ1) is 12.6. The van der Waals surface area contributed by atoms with E-state index in [4.69, 9.17) is 4.74 Å². The molecular weight excluding hydrogens is 332 g/mol. The lowest BCUT2D eigenvalue weighted by atomic mass is 10.2. The predicted molar refractivity (Wildman–Crippen MR) is 97.3 cm³/mol. The van der Waals surface area contributed by atoms with Crippen LogP contribution in [0.5, 0.6) is 0 Å². The third kappa shape index (κ3) is 3.17. The lowest BCUT2D eigenvalue weighted by molar-refractivity contribution is 0.118. The lowest BCUT2D eigenvalue weighted by Crippen LogP contribution is -2.36. The fraction of sp³-hybridized carbons (Fsp3) is 0.471. The van der Waals surface area contributed by atoms with Crippen molar-refractivity contribution in [2.75, 3.05) is 30.4 Å². The Labute approximate surface area is 151 Å². The van der Waals surface area contributed by atoms with Crippen LogP contribution in [0.4, 0.5) is 11.6 Å². The summed E-state index contributed by atoms with van der Waals surface area (Å²) in [4.78, 5) is 10.9. The van der Waals surface area contributed by atoms with E-state index in [1.807, 2.05) is 32.0 Å². The van der Waals surface area contributed by atoms with Gasteiger partial charge in [0.25, 0.3) is 0 Å². The third-order valence-electron chi connectivity index (χ3n) is 4.73. The average molecular weight is 354 g/mol. The molecule has 1 aliphatic rings. The molecule has 3 aromatic heterocycles. The Kier molecular flexibility index (Phi) is 4.37. The maximum Gasteiger partial charge on any atom is 0.178 e. The molecule has 0 aromatic carbocycles. The van der Waals surface area contributed by atoms with Crippen molar-refractivity contribution < 1.29 is 4.74 Å². The third-order valence-corrected chi connectivity index (χ3v) is 4.73. The smallest absolute Gasteiger partial charge is 0.178 e. The van der Waals surface area contributed by atoms with Crippen LogP contribution >= 0.6 is 0 Å². The number of hydrogen-bond donors (Lipinski definition) is 1. The standard InChI is InChI=1S/C17H22N8O/c1-11-6-17(20-10-19-11)24-9-14(26-3)7-13(24)8-18-15-4-5-16-22-21-12(2)25(16)23-15/h4-6,10,13-14H,7-9H2,1-3H3,(H,18,23)/t13-,14-/m0/s1. The Hall–Kier alpha value is -2.81. The fourth-order valence-corrected chi connectivity index (χ4v) is 3.33. The van der Waals surface area contributed by atoms with Gasteiger partial charge in [0.05, 0.1) is 12.1 Å². The molecule has 1 N–H and O–H groups in total. The van der Waals surface area contributed by atoms with Gasteiger partial charge in [-0.15, -0.1) is 15.3 Å². The van der Waals surface area contributed by atoms with E-state index in [0.717, 1.165) is 48.3 Å². The van der Waals surface area contributed by atoms with E-state index in [1.54, 1.807) is 18.0 Å². The maximum atomic E-state index is 5.59. The van der Waals surface area contributed by atoms with Gasteiger partial charge in [-0.25, -0.2) is 9.97 Å². The first-order valence-electron chi connectivity index (χ1n) is 8.65. The number of aryl methyl sites for hydroxylation is 2. The number of hydrogen-bond acceptors (Lipinski definition) is 8. The molecule has 1 fully saturated rings. The summed E-state index contributed by atoms with van der Waals surface area (Å²) in [5, 5.41) is 16.1. The summed E-state index contributed by atoms with van der Waals surface area (Å²) in [5.74, 6) is 2.49. The summed E-state index contributed by atoms with van der Waals surface area (Å²) < 4.78 is 7.33. The number of nitrogens with one attached hydrogen (secondary N) is 1. The second kappa shape index (κ2) is 6.83. The predicted octanol–water partition coefficient (Wildman–Crippen LogP) is 1.24. The van der Waals surface area contributed by atoms with E-state index in [2.05, 4.69) is 35.5 Å². The van der Waals surface area contributed by atoms with Crippen LogP contribution in [0.2, 0.25) is 0 Å². The van der Waals surface area contributed by atoms with Gasteiger partial charge in [0.1, 0.15) is 18.0 Å². The van der Waals surface area contributed by atoms with E-state index in [1.165, 1.54) is 0 Å². The molecule has 4 rings (SSSR count). The van der Waals surface area contributed by atoms with Crippen molar-refractivity contribution in [1.29, 1.82) is 0 Å². The molecule has 0 aliphatic carbocycles. The quantitative estimate of drug-likeness (QED) is 0.731. The minimum atomic E-state index is 0.188. The Morgan fingerprint density at radius 3 is 2.92 bits per heavy atom. The molecule has 3 aromatic rings. The SMILES string of the molecule is CO[C@H]1C[C@@H](CNc2ccc3nnc(C)n3n2)N(c2cc(C)ncn2)C1. The second-order valence-corrected chi connectivity index (χ2v) is 6.53. The topological polar surface area (TPSA) is 93.4 Å². The lowest BCUT2D eigenvalue weighted by Gasteiger charge is -2.25. The monoisotopic (exact) mass is 354 g/mol. The number of fused-ring (bicyclic) bond motifs is 1. The second-order valence-electron chi connectivity index (χ2n) is 6.53. The molecule has 0 unspecified atom stereocenters. The van der Waals surface area contributed by atoms with Gasteiger partial charge in [-0.05, 0) is 32.4 Å². The van der Waals surface area contributed by atoms with Gasteiger partial charge < -0.3 is 15.0 Å². The van der Waals surface area contributed by atoms with E-state index in [-0.39, 0.29) is 12.1 Å². The van der Waals surface area contributed by atoms with Gasteiger partial charge >= 0.3 is 0 Å². The number of anilines is 2. The minimum absolute atomic E-state index is 0.188. The fourth-order valence-electron chi connectivity index (χ4n) is 3.33. The number of rotatable bonds is 5. The normalized spacial score (nSPS) is 20.0. The molecule has 9 nitrogen and oxygen atoms in total.